The van der Waals surface area contributed by atoms with E-state index in [-0.39, 0.29) is 5.56 Å². The number of aryl methyl sites for hydroxylation is 1. The van der Waals surface area contributed by atoms with Gasteiger partial charge in [0.1, 0.15) is 17.9 Å². The molecule has 116 valence electrons. The fourth-order valence-electron chi connectivity index (χ4n) is 2.29. The van der Waals surface area contributed by atoms with Gasteiger partial charge in [0.05, 0.1) is 0 Å². The van der Waals surface area contributed by atoms with Gasteiger partial charge in [0, 0.05) is 4.88 Å². The lowest BCUT2D eigenvalue weighted by molar-refractivity contribution is 0.0692. The van der Waals surface area contributed by atoms with Crippen LogP contribution in [-0.2, 0) is 6.61 Å². The van der Waals surface area contributed by atoms with Crippen molar-refractivity contribution in [2.75, 3.05) is 0 Å². The van der Waals surface area contributed by atoms with Crippen LogP contribution in [0.25, 0.3) is 10.4 Å². The number of carboxylic acids is 1. The molecule has 4 heteroatoms. The molecule has 1 aromatic heterocycles. The summed E-state index contributed by atoms with van der Waals surface area (Å²) in [6.45, 7) is 2.37. The van der Waals surface area contributed by atoms with E-state index in [2.05, 4.69) is 11.4 Å². The van der Waals surface area contributed by atoms with Gasteiger partial charge in [0.25, 0.3) is 0 Å². The molecule has 1 N–H and O–H groups in total. The van der Waals surface area contributed by atoms with Crippen LogP contribution in [0.2, 0.25) is 0 Å². The average Bonchev–Trinajstić information content (AvgIpc) is 3.00. The van der Waals surface area contributed by atoms with Gasteiger partial charge in [0.2, 0.25) is 0 Å². The SMILES string of the molecule is Cc1csc(-c2ccc(OCc3ccccc3)c(C(=O)O)c2)c1. The molecule has 0 unspecified atom stereocenters. The second kappa shape index (κ2) is 6.67. The van der Waals surface area contributed by atoms with Crippen molar-refractivity contribution >= 4 is 17.3 Å². The van der Waals surface area contributed by atoms with Crippen LogP contribution in [0.15, 0.2) is 60.0 Å². The van der Waals surface area contributed by atoms with Crippen molar-refractivity contribution < 1.29 is 14.6 Å². The Labute approximate surface area is 138 Å². The first-order chi connectivity index (χ1) is 11.1. The first-order valence-corrected chi connectivity index (χ1v) is 8.11. The van der Waals surface area contributed by atoms with Crippen LogP contribution >= 0.6 is 11.3 Å². The van der Waals surface area contributed by atoms with Gasteiger partial charge in [-0.15, -0.1) is 11.3 Å². The minimum absolute atomic E-state index is 0.185. The molecule has 3 nitrogen and oxygen atoms in total. The van der Waals surface area contributed by atoms with Crippen LogP contribution in [-0.4, -0.2) is 11.1 Å². The highest BCUT2D eigenvalue weighted by molar-refractivity contribution is 7.13. The Kier molecular flexibility index (Phi) is 4.44. The number of ether oxygens (including phenoxy) is 1. The third-order valence-electron chi connectivity index (χ3n) is 3.46. The van der Waals surface area contributed by atoms with E-state index >= 15 is 0 Å². The smallest absolute Gasteiger partial charge is 0.339 e. The van der Waals surface area contributed by atoms with E-state index in [0.717, 1.165) is 16.0 Å². The first-order valence-electron chi connectivity index (χ1n) is 7.23. The number of benzene rings is 2. The maximum Gasteiger partial charge on any atom is 0.339 e. The Hall–Kier alpha value is -2.59. The molecule has 0 radical (unpaired) electrons. The summed E-state index contributed by atoms with van der Waals surface area (Å²) in [6, 6.07) is 17.0. The summed E-state index contributed by atoms with van der Waals surface area (Å²) in [5.41, 5.74) is 3.25. The molecule has 1 heterocycles. The van der Waals surface area contributed by atoms with E-state index in [1.165, 1.54) is 5.56 Å². The third kappa shape index (κ3) is 3.60. The summed E-state index contributed by atoms with van der Waals surface area (Å²) in [5, 5.41) is 11.5. The molecule has 0 saturated heterocycles. The molecule has 3 aromatic rings. The highest BCUT2D eigenvalue weighted by Gasteiger charge is 2.14. The van der Waals surface area contributed by atoms with Crippen LogP contribution in [0.5, 0.6) is 5.75 Å². The van der Waals surface area contributed by atoms with E-state index in [0.29, 0.717) is 12.4 Å². The van der Waals surface area contributed by atoms with Crippen molar-refractivity contribution in [2.24, 2.45) is 0 Å². The Bertz CT molecular complexity index is 822. The van der Waals surface area contributed by atoms with Gasteiger partial charge in [-0.25, -0.2) is 4.79 Å². The summed E-state index contributed by atoms with van der Waals surface area (Å²) < 4.78 is 5.70. The summed E-state index contributed by atoms with van der Waals surface area (Å²) in [4.78, 5) is 12.6. The van der Waals surface area contributed by atoms with E-state index in [4.69, 9.17) is 4.74 Å². The second-order valence-corrected chi connectivity index (χ2v) is 6.19. The standard InChI is InChI=1S/C19H16O3S/c1-13-9-18(23-12-13)15-7-8-17(16(10-15)19(20)21)22-11-14-5-3-2-4-6-14/h2-10,12H,11H2,1H3,(H,20,21). The van der Waals surface area contributed by atoms with Crippen LogP contribution in [0.3, 0.4) is 0 Å². The van der Waals surface area contributed by atoms with Crippen molar-refractivity contribution in [1.82, 2.24) is 0 Å². The number of carbonyl (C=O) groups is 1. The van der Waals surface area contributed by atoms with Gasteiger partial charge in [-0.05, 0) is 53.3 Å². The summed E-state index contributed by atoms with van der Waals surface area (Å²) in [5.74, 6) is -0.596. The Balaban J connectivity index is 1.87. The highest BCUT2D eigenvalue weighted by Crippen LogP contribution is 2.31. The topological polar surface area (TPSA) is 46.5 Å². The molecule has 3 rings (SSSR count). The van der Waals surface area contributed by atoms with Crippen molar-refractivity contribution in [3.05, 3.63) is 76.7 Å². The Morgan fingerprint density at radius 2 is 1.91 bits per heavy atom. The number of rotatable bonds is 5. The largest absolute Gasteiger partial charge is 0.488 e. The predicted octanol–water partition coefficient (Wildman–Crippen LogP) is 5.00. The lowest BCUT2D eigenvalue weighted by Gasteiger charge is -2.10. The maximum absolute atomic E-state index is 11.5. The van der Waals surface area contributed by atoms with E-state index in [9.17, 15) is 9.90 Å². The van der Waals surface area contributed by atoms with Crippen molar-refractivity contribution in [3.63, 3.8) is 0 Å². The Morgan fingerprint density at radius 1 is 1.13 bits per heavy atom. The van der Waals surface area contributed by atoms with Gasteiger partial charge in [-0.3, -0.25) is 0 Å². The zero-order valence-electron chi connectivity index (χ0n) is 12.7. The number of carboxylic acid groups (broad SMARTS) is 1. The van der Waals surface area contributed by atoms with Crippen molar-refractivity contribution in [2.45, 2.75) is 13.5 Å². The zero-order chi connectivity index (χ0) is 16.2. The normalized spacial score (nSPS) is 10.5. The molecule has 0 aliphatic rings. The van der Waals surface area contributed by atoms with Gasteiger partial charge in [-0.2, -0.15) is 0 Å². The molecule has 2 aromatic carbocycles. The fraction of sp³-hybridized carbons (Fsp3) is 0.105. The number of aromatic carboxylic acids is 1. The molecule has 0 aliphatic heterocycles. The molecule has 0 saturated carbocycles. The first kappa shape index (κ1) is 15.3. The van der Waals surface area contributed by atoms with E-state index in [1.807, 2.05) is 43.3 Å². The monoisotopic (exact) mass is 324 g/mol. The lowest BCUT2D eigenvalue weighted by atomic mass is 10.1. The minimum atomic E-state index is -0.983. The van der Waals surface area contributed by atoms with Crippen molar-refractivity contribution in [3.8, 4) is 16.2 Å². The van der Waals surface area contributed by atoms with Crippen LogP contribution in [0.4, 0.5) is 0 Å². The van der Waals surface area contributed by atoms with Gasteiger partial charge < -0.3 is 9.84 Å². The Morgan fingerprint density at radius 3 is 2.57 bits per heavy atom. The minimum Gasteiger partial charge on any atom is -0.488 e. The van der Waals surface area contributed by atoms with Crippen LogP contribution < -0.4 is 4.74 Å². The summed E-state index contributed by atoms with van der Waals surface area (Å²) in [7, 11) is 0. The highest BCUT2D eigenvalue weighted by atomic mass is 32.1. The zero-order valence-corrected chi connectivity index (χ0v) is 13.5. The number of hydrogen-bond donors (Lipinski definition) is 1. The number of hydrogen-bond acceptors (Lipinski definition) is 3. The second-order valence-electron chi connectivity index (χ2n) is 5.28. The van der Waals surface area contributed by atoms with Gasteiger partial charge in [-0.1, -0.05) is 30.3 Å². The van der Waals surface area contributed by atoms with Gasteiger partial charge >= 0.3 is 5.97 Å². The third-order valence-corrected chi connectivity index (χ3v) is 4.56. The summed E-state index contributed by atoms with van der Waals surface area (Å²) in [6.07, 6.45) is 0. The predicted molar refractivity (Wildman–Crippen MR) is 92.2 cm³/mol. The molecule has 0 spiro atoms. The fourth-order valence-corrected chi connectivity index (χ4v) is 3.19. The summed E-state index contributed by atoms with van der Waals surface area (Å²) >= 11 is 1.61. The average molecular weight is 324 g/mol. The quantitative estimate of drug-likeness (QED) is 0.718. The maximum atomic E-state index is 11.5. The molecule has 0 bridgehead atoms. The number of thiophene rings is 1. The van der Waals surface area contributed by atoms with Gasteiger partial charge in [0.15, 0.2) is 0 Å². The lowest BCUT2D eigenvalue weighted by Crippen LogP contribution is -2.03. The molecule has 23 heavy (non-hydrogen) atoms. The van der Waals surface area contributed by atoms with Crippen molar-refractivity contribution in [1.29, 1.82) is 0 Å². The van der Waals surface area contributed by atoms with E-state index < -0.39 is 5.97 Å². The molecule has 0 aliphatic carbocycles. The van der Waals surface area contributed by atoms with Crippen LogP contribution in [0, 0.1) is 6.92 Å². The van der Waals surface area contributed by atoms with Crippen LogP contribution in [0.1, 0.15) is 21.5 Å². The molecular weight excluding hydrogens is 308 g/mol. The van der Waals surface area contributed by atoms with E-state index in [1.54, 1.807) is 23.5 Å². The molecular formula is C19H16O3S. The molecule has 0 fully saturated rings. The molecule has 0 amide bonds. The molecule has 0 atom stereocenters.